The van der Waals surface area contributed by atoms with Gasteiger partial charge >= 0.3 is 0 Å². The molecule has 0 amide bonds. The molecule has 164 valence electrons. The van der Waals surface area contributed by atoms with Crippen LogP contribution in [0.2, 0.25) is 0 Å². The highest BCUT2D eigenvalue weighted by atomic mass is 32.2. The van der Waals surface area contributed by atoms with Crippen LogP contribution < -0.4 is 5.56 Å². The van der Waals surface area contributed by atoms with Crippen LogP contribution in [0.15, 0.2) is 40.3 Å². The molecule has 2 heterocycles. The zero-order valence-electron chi connectivity index (χ0n) is 18.1. The quantitative estimate of drug-likeness (QED) is 0.358. The lowest BCUT2D eigenvalue weighted by molar-refractivity contribution is 0.352. The molecular formula is C24H29FN4OS. The van der Waals surface area contributed by atoms with Crippen LogP contribution in [0.25, 0.3) is 11.3 Å². The lowest BCUT2D eigenvalue weighted by Crippen LogP contribution is -2.22. The molecule has 1 aliphatic rings. The fraction of sp³-hybridized carbons (Fsp3) is 0.458. The third-order valence-corrected chi connectivity index (χ3v) is 6.85. The first-order chi connectivity index (χ1) is 15.0. The largest absolute Gasteiger partial charge is 0.301 e. The molecule has 1 fully saturated rings. The molecule has 31 heavy (non-hydrogen) atoms. The minimum atomic E-state index is -0.261. The summed E-state index contributed by atoms with van der Waals surface area (Å²) in [6.45, 7) is 4.12. The van der Waals surface area contributed by atoms with Crippen molar-refractivity contribution >= 4 is 11.8 Å². The minimum absolute atomic E-state index is 0.0210. The Morgan fingerprint density at radius 3 is 2.61 bits per heavy atom. The molecule has 0 aliphatic heterocycles. The number of benzene rings is 1. The van der Waals surface area contributed by atoms with E-state index in [-0.39, 0.29) is 17.3 Å². The summed E-state index contributed by atoms with van der Waals surface area (Å²) >= 11 is 1.49. The number of nitrogens with one attached hydrogen (secondary N) is 2. The maximum atomic E-state index is 13.1. The number of thioether (sulfide) groups is 1. The van der Waals surface area contributed by atoms with E-state index in [1.807, 2.05) is 6.07 Å². The first kappa shape index (κ1) is 21.8. The zero-order chi connectivity index (χ0) is 21.8. The van der Waals surface area contributed by atoms with Crippen molar-refractivity contribution in [2.24, 2.45) is 5.92 Å². The number of aromatic nitrogens is 4. The van der Waals surface area contributed by atoms with E-state index in [9.17, 15) is 9.18 Å². The molecule has 1 saturated carbocycles. The van der Waals surface area contributed by atoms with E-state index in [4.69, 9.17) is 4.98 Å². The van der Waals surface area contributed by atoms with Gasteiger partial charge in [0.15, 0.2) is 5.16 Å². The number of H-pyrrole nitrogens is 2. The molecule has 3 aromatic rings. The Labute approximate surface area is 186 Å². The summed E-state index contributed by atoms with van der Waals surface area (Å²) in [5.41, 5.74) is 4.34. The van der Waals surface area contributed by atoms with Crippen molar-refractivity contribution < 1.29 is 4.39 Å². The monoisotopic (exact) mass is 440 g/mol. The Hall–Kier alpha value is -2.41. The van der Waals surface area contributed by atoms with Gasteiger partial charge in [0.05, 0.1) is 17.1 Å². The lowest BCUT2D eigenvalue weighted by Gasteiger charge is -2.22. The second-order valence-electron chi connectivity index (χ2n) is 8.66. The van der Waals surface area contributed by atoms with Crippen molar-refractivity contribution in [1.29, 1.82) is 0 Å². The van der Waals surface area contributed by atoms with Crippen molar-refractivity contribution in [2.75, 3.05) is 0 Å². The van der Waals surface area contributed by atoms with Gasteiger partial charge < -0.3 is 4.98 Å². The average Bonchev–Trinajstić information content (AvgIpc) is 3.22. The Morgan fingerprint density at radius 2 is 1.90 bits per heavy atom. The van der Waals surface area contributed by atoms with Crippen LogP contribution in [0.5, 0.6) is 0 Å². The van der Waals surface area contributed by atoms with Crippen LogP contribution in [-0.2, 0) is 12.2 Å². The van der Waals surface area contributed by atoms with Gasteiger partial charge in [-0.3, -0.25) is 9.89 Å². The molecule has 0 saturated heterocycles. The molecule has 0 spiro atoms. The first-order valence-corrected chi connectivity index (χ1v) is 12.0. The van der Waals surface area contributed by atoms with Crippen molar-refractivity contribution in [3.8, 4) is 11.3 Å². The average molecular weight is 441 g/mol. The molecule has 2 N–H and O–H groups in total. The van der Waals surface area contributed by atoms with Gasteiger partial charge in [0.1, 0.15) is 5.82 Å². The summed E-state index contributed by atoms with van der Waals surface area (Å²) in [5, 5.41) is 8.00. The lowest BCUT2D eigenvalue weighted by atomic mass is 9.84. The smallest absolute Gasteiger partial charge is 0.255 e. The van der Waals surface area contributed by atoms with E-state index in [0.717, 1.165) is 34.6 Å². The van der Waals surface area contributed by atoms with E-state index >= 15 is 0 Å². The minimum Gasteiger partial charge on any atom is -0.301 e. The second kappa shape index (κ2) is 9.81. The van der Waals surface area contributed by atoms with E-state index in [1.54, 1.807) is 12.1 Å². The maximum absolute atomic E-state index is 13.1. The van der Waals surface area contributed by atoms with Gasteiger partial charge in [0, 0.05) is 11.3 Å². The normalized spacial score (nSPS) is 15.0. The Bertz CT molecular complexity index is 1070. The Balaban J connectivity index is 1.49. The predicted molar refractivity (Wildman–Crippen MR) is 123 cm³/mol. The predicted octanol–water partition coefficient (Wildman–Crippen LogP) is 5.84. The van der Waals surface area contributed by atoms with Crippen molar-refractivity contribution in [1.82, 2.24) is 20.2 Å². The highest BCUT2D eigenvalue weighted by molar-refractivity contribution is 7.98. The summed E-state index contributed by atoms with van der Waals surface area (Å²) < 4.78 is 13.1. The van der Waals surface area contributed by atoms with Gasteiger partial charge in [0.2, 0.25) is 0 Å². The van der Waals surface area contributed by atoms with E-state index < -0.39 is 0 Å². The topological polar surface area (TPSA) is 74.4 Å². The molecule has 5 nitrogen and oxygen atoms in total. The van der Waals surface area contributed by atoms with Crippen LogP contribution >= 0.6 is 11.8 Å². The van der Waals surface area contributed by atoms with Gasteiger partial charge in [-0.25, -0.2) is 9.37 Å². The standard InChI is InChI=1S/C24H29FN4OS/c1-15(2)22-21(12-16-6-4-3-5-7-16)26-24(27-23(22)30)31-14-19-13-20(29-28-19)17-8-10-18(25)11-9-17/h8-11,13,15-16H,3-7,12,14H2,1-2H3,(H,28,29)(H,26,27,30). The highest BCUT2D eigenvalue weighted by Gasteiger charge is 2.21. The van der Waals surface area contributed by atoms with Crippen molar-refractivity contribution in [2.45, 2.75) is 69.2 Å². The fourth-order valence-electron chi connectivity index (χ4n) is 4.35. The molecule has 1 aromatic carbocycles. The third kappa shape index (κ3) is 5.45. The number of rotatable bonds is 7. The van der Waals surface area contributed by atoms with E-state index in [2.05, 4.69) is 29.0 Å². The van der Waals surface area contributed by atoms with E-state index in [0.29, 0.717) is 16.8 Å². The molecule has 0 unspecified atom stereocenters. The van der Waals surface area contributed by atoms with Crippen LogP contribution in [0.3, 0.4) is 0 Å². The van der Waals surface area contributed by atoms with Crippen LogP contribution in [0.4, 0.5) is 4.39 Å². The highest BCUT2D eigenvalue weighted by Crippen LogP contribution is 2.29. The Morgan fingerprint density at radius 1 is 1.16 bits per heavy atom. The molecule has 1 aliphatic carbocycles. The molecule has 7 heteroatoms. The Kier molecular flexibility index (Phi) is 6.90. The summed E-state index contributed by atoms with van der Waals surface area (Å²) in [6, 6.07) is 8.26. The van der Waals surface area contributed by atoms with Gasteiger partial charge in [0.25, 0.3) is 5.56 Å². The number of hydrogen-bond acceptors (Lipinski definition) is 4. The molecule has 0 atom stereocenters. The third-order valence-electron chi connectivity index (χ3n) is 5.94. The zero-order valence-corrected chi connectivity index (χ0v) is 18.9. The first-order valence-electron chi connectivity index (χ1n) is 11.1. The number of hydrogen-bond donors (Lipinski definition) is 2. The van der Waals surface area contributed by atoms with Crippen molar-refractivity contribution in [3.05, 3.63) is 63.5 Å². The summed E-state index contributed by atoms with van der Waals surface area (Å²) in [4.78, 5) is 20.6. The van der Waals surface area contributed by atoms with Crippen LogP contribution in [-0.4, -0.2) is 20.2 Å². The summed E-state index contributed by atoms with van der Waals surface area (Å²) in [5.74, 6) is 1.11. The summed E-state index contributed by atoms with van der Waals surface area (Å²) in [7, 11) is 0. The second-order valence-corrected chi connectivity index (χ2v) is 9.63. The molecule has 0 radical (unpaired) electrons. The van der Waals surface area contributed by atoms with Crippen LogP contribution in [0.1, 0.15) is 68.8 Å². The SMILES string of the molecule is CC(C)c1c(CC2CCCCC2)nc(SCc2cc(-c3ccc(F)cc3)[nH]n2)[nH]c1=O. The van der Waals surface area contributed by atoms with Crippen molar-refractivity contribution in [3.63, 3.8) is 0 Å². The number of nitrogens with zero attached hydrogens (tertiary/aromatic N) is 2. The number of aromatic amines is 2. The molecular weight excluding hydrogens is 411 g/mol. The molecule has 0 bridgehead atoms. The molecule has 4 rings (SSSR count). The number of halogens is 1. The fourth-order valence-corrected chi connectivity index (χ4v) is 5.12. The van der Waals surface area contributed by atoms with Gasteiger partial charge in [-0.05, 0) is 54.2 Å². The van der Waals surface area contributed by atoms with Gasteiger partial charge in [-0.15, -0.1) is 0 Å². The molecule has 2 aromatic heterocycles. The van der Waals surface area contributed by atoms with Crippen LogP contribution in [0, 0.1) is 11.7 Å². The van der Waals surface area contributed by atoms with Gasteiger partial charge in [-0.1, -0.05) is 57.7 Å². The van der Waals surface area contributed by atoms with E-state index in [1.165, 1.54) is 56.0 Å². The summed E-state index contributed by atoms with van der Waals surface area (Å²) in [6.07, 6.45) is 7.23. The maximum Gasteiger partial charge on any atom is 0.255 e. The van der Waals surface area contributed by atoms with Gasteiger partial charge in [-0.2, -0.15) is 5.10 Å².